The highest BCUT2D eigenvalue weighted by atomic mass is 16.5. The van der Waals surface area contributed by atoms with E-state index < -0.39 is 23.4 Å². The summed E-state index contributed by atoms with van der Waals surface area (Å²) < 4.78 is 5.38. The van der Waals surface area contributed by atoms with Crippen molar-refractivity contribution in [1.29, 1.82) is 0 Å². The average Bonchev–Trinajstić information content (AvgIpc) is 3.08. The third kappa shape index (κ3) is 4.08. The second-order valence-electron chi connectivity index (χ2n) is 8.70. The number of nitrogens with zero attached hydrogens (tertiary/aromatic N) is 2. The third-order valence-corrected chi connectivity index (χ3v) is 6.43. The van der Waals surface area contributed by atoms with Crippen molar-refractivity contribution in [3.05, 3.63) is 72.3 Å². The van der Waals surface area contributed by atoms with Crippen LogP contribution in [-0.4, -0.2) is 55.6 Å². The van der Waals surface area contributed by atoms with Crippen LogP contribution in [0.5, 0.6) is 0 Å². The van der Waals surface area contributed by atoms with Crippen LogP contribution in [0.15, 0.2) is 66.7 Å². The minimum Gasteiger partial charge on any atom is -0.378 e. The van der Waals surface area contributed by atoms with Gasteiger partial charge in [-0.15, -0.1) is 0 Å². The van der Waals surface area contributed by atoms with Crippen LogP contribution in [0.1, 0.15) is 12.5 Å². The molecule has 3 aromatic carbocycles. The van der Waals surface area contributed by atoms with Gasteiger partial charge >= 0.3 is 6.03 Å². The Balaban J connectivity index is 1.26. The van der Waals surface area contributed by atoms with Gasteiger partial charge in [0.1, 0.15) is 12.1 Å². The summed E-state index contributed by atoms with van der Waals surface area (Å²) in [5.41, 5.74) is 1.10. The molecule has 34 heavy (non-hydrogen) atoms. The summed E-state index contributed by atoms with van der Waals surface area (Å²) in [4.78, 5) is 41.7. The van der Waals surface area contributed by atoms with Gasteiger partial charge in [0.05, 0.1) is 13.2 Å². The average molecular weight is 459 g/mol. The van der Waals surface area contributed by atoms with Crippen LogP contribution >= 0.6 is 0 Å². The lowest BCUT2D eigenvalue weighted by atomic mass is 9.90. The first-order valence-electron chi connectivity index (χ1n) is 11.3. The van der Waals surface area contributed by atoms with E-state index in [-0.39, 0.29) is 6.54 Å². The second-order valence-corrected chi connectivity index (χ2v) is 8.70. The summed E-state index contributed by atoms with van der Waals surface area (Å²) >= 11 is 0. The molecule has 5 rings (SSSR count). The molecule has 2 saturated heterocycles. The van der Waals surface area contributed by atoms with E-state index in [9.17, 15) is 14.4 Å². The van der Waals surface area contributed by atoms with E-state index in [0.717, 1.165) is 34.4 Å². The molecule has 0 spiro atoms. The first-order valence-corrected chi connectivity index (χ1v) is 11.3. The molecule has 0 aromatic heterocycles. The molecular formula is C26H26N4O4. The lowest BCUT2D eigenvalue weighted by Gasteiger charge is -2.28. The topological polar surface area (TPSA) is 91.0 Å². The van der Waals surface area contributed by atoms with Gasteiger partial charge in [-0.1, -0.05) is 36.4 Å². The second kappa shape index (κ2) is 8.79. The molecule has 8 heteroatoms. The van der Waals surface area contributed by atoms with Gasteiger partial charge in [-0.25, -0.2) is 4.79 Å². The first kappa shape index (κ1) is 21.9. The predicted molar refractivity (Wildman–Crippen MR) is 130 cm³/mol. The Morgan fingerprint density at radius 3 is 2.44 bits per heavy atom. The maximum atomic E-state index is 13.2. The fourth-order valence-corrected chi connectivity index (χ4v) is 4.46. The minimum absolute atomic E-state index is 0.362. The Hall–Kier alpha value is -3.91. The van der Waals surface area contributed by atoms with Crippen LogP contribution in [0.4, 0.5) is 16.2 Å². The van der Waals surface area contributed by atoms with E-state index in [1.165, 1.54) is 0 Å². The van der Waals surface area contributed by atoms with Crippen LogP contribution in [-0.2, 0) is 19.9 Å². The van der Waals surface area contributed by atoms with E-state index in [0.29, 0.717) is 24.5 Å². The fourth-order valence-electron chi connectivity index (χ4n) is 4.46. The number of urea groups is 1. The molecule has 8 nitrogen and oxygen atoms in total. The number of anilines is 2. The quantitative estimate of drug-likeness (QED) is 0.574. The van der Waals surface area contributed by atoms with E-state index in [1.54, 1.807) is 6.92 Å². The minimum atomic E-state index is -1.23. The summed E-state index contributed by atoms with van der Waals surface area (Å²) in [6.07, 6.45) is 0. The highest BCUT2D eigenvalue weighted by Crippen LogP contribution is 2.31. The zero-order chi connectivity index (χ0) is 23.7. The Morgan fingerprint density at radius 1 is 1.00 bits per heavy atom. The van der Waals surface area contributed by atoms with Gasteiger partial charge in [0.2, 0.25) is 5.91 Å². The number of fused-ring (bicyclic) bond motifs is 1. The third-order valence-electron chi connectivity index (χ3n) is 6.43. The number of imide groups is 1. The molecule has 0 saturated carbocycles. The molecule has 2 aliphatic heterocycles. The van der Waals surface area contributed by atoms with Crippen LogP contribution in [0.25, 0.3) is 10.8 Å². The number of morpholine rings is 1. The Bertz CT molecular complexity index is 1250. The van der Waals surface area contributed by atoms with Crippen LogP contribution < -0.4 is 15.5 Å². The molecule has 0 aliphatic carbocycles. The molecule has 4 amide bonds. The summed E-state index contributed by atoms with van der Waals surface area (Å²) in [6.45, 7) is 4.35. The number of hydrogen-bond donors (Lipinski definition) is 2. The summed E-state index contributed by atoms with van der Waals surface area (Å²) in [7, 11) is 0. The molecule has 2 fully saturated rings. The normalized spacial score (nSPS) is 20.5. The number of amides is 4. The Kier molecular flexibility index (Phi) is 5.67. The van der Waals surface area contributed by atoms with Gasteiger partial charge < -0.3 is 20.3 Å². The zero-order valence-corrected chi connectivity index (χ0v) is 18.9. The van der Waals surface area contributed by atoms with E-state index >= 15 is 0 Å². The van der Waals surface area contributed by atoms with Crippen molar-refractivity contribution in [2.45, 2.75) is 12.5 Å². The molecule has 0 radical (unpaired) electrons. The number of nitrogens with one attached hydrogen (secondary N) is 2. The maximum Gasteiger partial charge on any atom is 0.325 e. The SMILES string of the molecule is CC1(c2ccc3ccccc3c2)NC(=O)N(CC(=O)Nc2ccc(N3CCOCC3)cc2)C1=O. The van der Waals surface area contributed by atoms with Crippen molar-refractivity contribution >= 4 is 40.0 Å². The van der Waals surface area contributed by atoms with Crippen LogP contribution in [0.2, 0.25) is 0 Å². The van der Waals surface area contributed by atoms with E-state index in [1.807, 2.05) is 66.7 Å². The Labute approximate surface area is 197 Å². The molecule has 174 valence electrons. The monoisotopic (exact) mass is 458 g/mol. The van der Waals surface area contributed by atoms with Gasteiger partial charge in [-0.2, -0.15) is 0 Å². The molecule has 0 bridgehead atoms. The highest BCUT2D eigenvalue weighted by molar-refractivity contribution is 6.10. The predicted octanol–water partition coefficient (Wildman–Crippen LogP) is 3.08. The van der Waals surface area contributed by atoms with Crippen molar-refractivity contribution in [3.63, 3.8) is 0 Å². The number of benzene rings is 3. The molecule has 2 aliphatic rings. The van der Waals surface area contributed by atoms with Gasteiger partial charge in [-0.05, 0) is 53.6 Å². The number of ether oxygens (including phenoxy) is 1. The van der Waals surface area contributed by atoms with E-state index in [4.69, 9.17) is 4.74 Å². The van der Waals surface area contributed by atoms with Gasteiger partial charge in [-0.3, -0.25) is 14.5 Å². The molecular weight excluding hydrogens is 432 g/mol. The van der Waals surface area contributed by atoms with Crippen molar-refractivity contribution in [3.8, 4) is 0 Å². The lowest BCUT2D eigenvalue weighted by molar-refractivity contribution is -0.133. The van der Waals surface area contributed by atoms with Crippen molar-refractivity contribution < 1.29 is 19.1 Å². The van der Waals surface area contributed by atoms with Gasteiger partial charge in [0, 0.05) is 24.5 Å². The van der Waals surface area contributed by atoms with Gasteiger partial charge in [0.15, 0.2) is 0 Å². The first-order chi connectivity index (χ1) is 16.4. The number of hydrogen-bond acceptors (Lipinski definition) is 5. The summed E-state index contributed by atoms with van der Waals surface area (Å²) in [5, 5.41) is 7.56. The molecule has 3 aromatic rings. The standard InChI is InChI=1S/C26H26N4O4/c1-26(20-7-6-18-4-2-3-5-19(18)16-20)24(32)30(25(33)28-26)17-23(31)27-21-8-10-22(11-9-21)29-12-14-34-15-13-29/h2-11,16H,12-15,17H2,1H3,(H,27,31)(H,28,33). The maximum absolute atomic E-state index is 13.2. The lowest BCUT2D eigenvalue weighted by Crippen LogP contribution is -2.42. The number of carbonyl (C=O) groups is 3. The Morgan fingerprint density at radius 2 is 1.71 bits per heavy atom. The molecule has 1 unspecified atom stereocenters. The molecule has 2 N–H and O–H groups in total. The smallest absolute Gasteiger partial charge is 0.325 e. The van der Waals surface area contributed by atoms with Crippen LogP contribution in [0.3, 0.4) is 0 Å². The number of carbonyl (C=O) groups excluding carboxylic acids is 3. The molecule has 1 atom stereocenters. The largest absolute Gasteiger partial charge is 0.378 e. The van der Waals surface area contributed by atoms with Crippen molar-refractivity contribution in [1.82, 2.24) is 10.2 Å². The summed E-state index contributed by atoms with van der Waals surface area (Å²) in [5.74, 6) is -0.893. The zero-order valence-electron chi connectivity index (χ0n) is 18.9. The molecule has 2 heterocycles. The number of rotatable bonds is 5. The van der Waals surface area contributed by atoms with Crippen molar-refractivity contribution in [2.24, 2.45) is 0 Å². The fraction of sp³-hybridized carbons (Fsp3) is 0.269. The van der Waals surface area contributed by atoms with Crippen LogP contribution in [0, 0.1) is 0 Å². The summed E-state index contributed by atoms with van der Waals surface area (Å²) in [6, 6.07) is 20.4. The van der Waals surface area contributed by atoms with Crippen molar-refractivity contribution in [2.75, 3.05) is 43.1 Å². The highest BCUT2D eigenvalue weighted by Gasteiger charge is 2.49. The van der Waals surface area contributed by atoms with Gasteiger partial charge in [0.25, 0.3) is 5.91 Å². The van der Waals surface area contributed by atoms with E-state index in [2.05, 4.69) is 15.5 Å².